The highest BCUT2D eigenvalue weighted by molar-refractivity contribution is 6.30. The monoisotopic (exact) mass is 506 g/mol. The number of dihydropyridines is 1. The third-order valence-electron chi connectivity index (χ3n) is 7.28. The second kappa shape index (κ2) is 10.1. The Kier molecular flexibility index (Phi) is 6.84. The van der Waals surface area contributed by atoms with E-state index in [4.69, 9.17) is 11.6 Å². The summed E-state index contributed by atoms with van der Waals surface area (Å²) in [5, 5.41) is 22.6. The molecule has 0 saturated carbocycles. The highest BCUT2D eigenvalue weighted by Crippen LogP contribution is 2.34. The van der Waals surface area contributed by atoms with E-state index in [0.717, 1.165) is 54.5 Å². The Hall–Kier alpha value is -3.19. The lowest BCUT2D eigenvalue weighted by Crippen LogP contribution is -2.48. The normalized spacial score (nSPS) is 20.8. The molecule has 1 unspecified atom stereocenters. The van der Waals surface area contributed by atoms with Gasteiger partial charge in [-0.25, -0.2) is 0 Å². The summed E-state index contributed by atoms with van der Waals surface area (Å²) in [7, 11) is 3.55. The van der Waals surface area contributed by atoms with E-state index in [9.17, 15) is 10.1 Å². The molecule has 10 heteroatoms. The predicted octanol–water partition coefficient (Wildman–Crippen LogP) is 2.79. The first-order valence-electron chi connectivity index (χ1n) is 12.3. The SMILES string of the molecule is CC1=C(C#N)C=CC(N2CCC(c3nnc4n3-c3ccc(Cl)cc3CN(CC(=O)N(C)C)C4)CC2)N1. The van der Waals surface area contributed by atoms with E-state index in [2.05, 4.69) is 42.0 Å². The molecule has 1 N–H and O–H groups in total. The Morgan fingerprint density at radius 3 is 2.72 bits per heavy atom. The average Bonchev–Trinajstić information content (AvgIpc) is 3.20. The number of nitrogens with one attached hydrogen (secondary N) is 1. The largest absolute Gasteiger partial charge is 0.369 e. The number of benzene rings is 1. The summed E-state index contributed by atoms with van der Waals surface area (Å²) in [6.45, 7) is 5.26. The van der Waals surface area contributed by atoms with Gasteiger partial charge in [0.15, 0.2) is 5.82 Å². The van der Waals surface area contributed by atoms with Crippen LogP contribution in [0.3, 0.4) is 0 Å². The van der Waals surface area contributed by atoms with Gasteiger partial charge in [0.2, 0.25) is 5.91 Å². The summed E-state index contributed by atoms with van der Waals surface area (Å²) in [4.78, 5) is 18.6. The van der Waals surface area contributed by atoms with Crippen molar-refractivity contribution in [3.63, 3.8) is 0 Å². The zero-order valence-corrected chi connectivity index (χ0v) is 21.7. The second-order valence-corrected chi connectivity index (χ2v) is 10.4. The molecular weight excluding hydrogens is 476 g/mol. The van der Waals surface area contributed by atoms with Crippen molar-refractivity contribution >= 4 is 17.5 Å². The van der Waals surface area contributed by atoms with Crippen LogP contribution in [0, 0.1) is 11.3 Å². The van der Waals surface area contributed by atoms with Crippen LogP contribution in [0.2, 0.25) is 5.02 Å². The molecule has 1 aromatic carbocycles. The van der Waals surface area contributed by atoms with Crippen LogP contribution in [-0.4, -0.2) is 75.3 Å². The fourth-order valence-corrected chi connectivity index (χ4v) is 5.42. The number of nitrogens with zero attached hydrogens (tertiary/aromatic N) is 7. The van der Waals surface area contributed by atoms with Gasteiger partial charge in [0.05, 0.1) is 30.5 Å². The second-order valence-electron chi connectivity index (χ2n) is 9.93. The Bertz CT molecular complexity index is 1270. The van der Waals surface area contributed by atoms with Crippen LogP contribution < -0.4 is 5.32 Å². The van der Waals surface area contributed by atoms with Crippen LogP contribution >= 0.6 is 11.6 Å². The third kappa shape index (κ3) is 4.76. The van der Waals surface area contributed by atoms with Gasteiger partial charge in [0.1, 0.15) is 11.9 Å². The third-order valence-corrected chi connectivity index (χ3v) is 7.51. The number of piperidine rings is 1. The minimum atomic E-state index is 0.0523. The first kappa shape index (κ1) is 24.5. The highest BCUT2D eigenvalue weighted by atomic mass is 35.5. The van der Waals surface area contributed by atoms with Crippen molar-refractivity contribution in [3.05, 3.63) is 63.9 Å². The number of carbonyl (C=O) groups excluding carboxylic acids is 1. The van der Waals surface area contributed by atoms with E-state index in [1.807, 2.05) is 31.2 Å². The number of carbonyl (C=O) groups is 1. The Labute approximate surface area is 216 Å². The molecule has 3 aliphatic heterocycles. The van der Waals surface area contributed by atoms with Gasteiger partial charge >= 0.3 is 0 Å². The number of allylic oxidation sites excluding steroid dienone is 3. The molecule has 3 aliphatic rings. The van der Waals surface area contributed by atoms with Gasteiger partial charge in [-0.1, -0.05) is 11.6 Å². The summed E-state index contributed by atoms with van der Waals surface area (Å²) in [5.41, 5.74) is 3.71. The van der Waals surface area contributed by atoms with E-state index in [1.165, 1.54) is 0 Å². The quantitative estimate of drug-likeness (QED) is 0.681. The molecule has 5 rings (SSSR count). The maximum atomic E-state index is 12.5. The fraction of sp³-hybridized carbons (Fsp3) is 0.462. The zero-order valence-electron chi connectivity index (χ0n) is 20.9. The molecule has 1 fully saturated rings. The first-order valence-corrected chi connectivity index (χ1v) is 12.7. The molecule has 188 valence electrons. The van der Waals surface area contributed by atoms with Gasteiger partial charge in [-0.05, 0) is 55.7 Å². The van der Waals surface area contributed by atoms with E-state index < -0.39 is 0 Å². The van der Waals surface area contributed by atoms with Crippen LogP contribution in [0.15, 0.2) is 41.6 Å². The smallest absolute Gasteiger partial charge is 0.236 e. The predicted molar refractivity (Wildman–Crippen MR) is 137 cm³/mol. The van der Waals surface area contributed by atoms with E-state index in [1.54, 1.807) is 19.0 Å². The number of hydrogen-bond donors (Lipinski definition) is 1. The lowest BCUT2D eigenvalue weighted by molar-refractivity contribution is -0.130. The molecule has 1 amide bonds. The maximum absolute atomic E-state index is 12.5. The van der Waals surface area contributed by atoms with Crippen molar-refractivity contribution in [2.24, 2.45) is 0 Å². The molecule has 1 atom stereocenters. The number of hydrogen-bond acceptors (Lipinski definition) is 7. The molecule has 4 heterocycles. The van der Waals surface area contributed by atoms with Crippen molar-refractivity contribution in [2.45, 2.75) is 44.9 Å². The van der Waals surface area contributed by atoms with Crippen LogP contribution in [0.4, 0.5) is 0 Å². The number of likely N-dealkylation sites (tertiary alicyclic amines) is 1. The molecular formula is C26H31ClN8O. The van der Waals surface area contributed by atoms with E-state index in [-0.39, 0.29) is 18.0 Å². The summed E-state index contributed by atoms with van der Waals surface area (Å²) >= 11 is 6.37. The lowest BCUT2D eigenvalue weighted by atomic mass is 9.94. The minimum absolute atomic E-state index is 0.0523. The van der Waals surface area contributed by atoms with Crippen molar-refractivity contribution in [3.8, 4) is 11.8 Å². The summed E-state index contributed by atoms with van der Waals surface area (Å²) in [6, 6.07) is 8.16. The lowest BCUT2D eigenvalue weighted by Gasteiger charge is -2.38. The van der Waals surface area contributed by atoms with Crippen molar-refractivity contribution in [2.75, 3.05) is 33.7 Å². The number of amides is 1. The molecule has 36 heavy (non-hydrogen) atoms. The van der Waals surface area contributed by atoms with Gasteiger partial charge in [0.25, 0.3) is 0 Å². The van der Waals surface area contributed by atoms with E-state index in [0.29, 0.717) is 30.2 Å². The number of aromatic nitrogens is 3. The topological polar surface area (TPSA) is 93.3 Å². The Balaban J connectivity index is 1.37. The average molecular weight is 507 g/mol. The van der Waals surface area contributed by atoms with Gasteiger partial charge < -0.3 is 10.2 Å². The summed E-state index contributed by atoms with van der Waals surface area (Å²) in [5.74, 6) is 2.15. The standard InChI is InChI=1S/C26H31ClN8O/c1-17-19(13-28)4-7-23(29-17)34-10-8-18(9-11-34)26-31-30-24-15-33(16-25(36)32(2)3)14-20-12-21(27)5-6-22(20)35(24)26/h4-7,12,18,23,29H,8-11,14-16H2,1-3H3. The Morgan fingerprint density at radius 1 is 1.25 bits per heavy atom. The summed E-state index contributed by atoms with van der Waals surface area (Å²) < 4.78 is 2.19. The van der Waals surface area contributed by atoms with E-state index >= 15 is 0 Å². The fourth-order valence-electron chi connectivity index (χ4n) is 5.23. The maximum Gasteiger partial charge on any atom is 0.236 e. The first-order chi connectivity index (χ1) is 17.3. The van der Waals surface area contributed by atoms with Crippen molar-refractivity contribution < 1.29 is 4.79 Å². The number of likely N-dealkylation sites (N-methyl/N-ethyl adjacent to an activating group) is 1. The van der Waals surface area contributed by atoms with Gasteiger partial charge in [-0.2, -0.15) is 5.26 Å². The molecule has 0 radical (unpaired) electrons. The molecule has 2 aromatic rings. The number of nitriles is 1. The molecule has 9 nitrogen and oxygen atoms in total. The van der Waals surface area contributed by atoms with Crippen molar-refractivity contribution in [1.29, 1.82) is 5.26 Å². The van der Waals surface area contributed by atoms with Crippen LogP contribution in [0.1, 0.15) is 42.9 Å². The van der Waals surface area contributed by atoms with Crippen LogP contribution in [0.25, 0.3) is 5.69 Å². The molecule has 1 aromatic heterocycles. The molecule has 0 bridgehead atoms. The zero-order chi connectivity index (χ0) is 25.4. The van der Waals surface area contributed by atoms with Gasteiger partial charge in [-0.15, -0.1) is 10.2 Å². The van der Waals surface area contributed by atoms with Crippen LogP contribution in [-0.2, 0) is 17.9 Å². The highest BCUT2D eigenvalue weighted by Gasteiger charge is 2.32. The number of rotatable bonds is 4. The molecule has 0 spiro atoms. The van der Waals surface area contributed by atoms with Crippen molar-refractivity contribution in [1.82, 2.24) is 34.8 Å². The van der Waals surface area contributed by atoms with Gasteiger partial charge in [-0.3, -0.25) is 19.2 Å². The number of fused-ring (bicyclic) bond motifs is 3. The summed E-state index contributed by atoms with van der Waals surface area (Å²) in [6.07, 6.45) is 6.01. The minimum Gasteiger partial charge on any atom is -0.369 e. The molecule has 1 saturated heterocycles. The van der Waals surface area contributed by atoms with Crippen LogP contribution in [0.5, 0.6) is 0 Å². The molecule has 0 aliphatic carbocycles. The van der Waals surface area contributed by atoms with Gasteiger partial charge in [0, 0.05) is 50.4 Å². The number of halogens is 1. The Morgan fingerprint density at radius 2 is 2.03 bits per heavy atom.